The van der Waals surface area contributed by atoms with Gasteiger partial charge in [0.25, 0.3) is 0 Å². The van der Waals surface area contributed by atoms with Crippen LogP contribution >= 0.6 is 0 Å². The van der Waals surface area contributed by atoms with Gasteiger partial charge in [-0.05, 0) is 38.2 Å². The number of ether oxygens (including phenoxy) is 1. The molecule has 2 aromatic heterocycles. The fourth-order valence-electron chi connectivity index (χ4n) is 3.14. The summed E-state index contributed by atoms with van der Waals surface area (Å²) in [4.78, 5) is 37.8. The van der Waals surface area contributed by atoms with E-state index in [-0.39, 0.29) is 5.91 Å². The summed E-state index contributed by atoms with van der Waals surface area (Å²) in [5.74, 6) is 0.891. The molecule has 29 heavy (non-hydrogen) atoms. The molecule has 1 fully saturated rings. The number of carbonyl (C=O) groups excluding carboxylic acids is 2. The molecule has 0 atom stereocenters. The minimum absolute atomic E-state index is 0.0503. The van der Waals surface area contributed by atoms with Crippen molar-refractivity contribution in [1.82, 2.24) is 20.3 Å². The highest BCUT2D eigenvalue weighted by molar-refractivity contribution is 5.97. The summed E-state index contributed by atoms with van der Waals surface area (Å²) in [5, 5.41) is 12.2. The Labute approximate surface area is 169 Å². The fourth-order valence-corrected chi connectivity index (χ4v) is 3.14. The summed E-state index contributed by atoms with van der Waals surface area (Å²) in [6.45, 7) is 3.99. The van der Waals surface area contributed by atoms with E-state index in [0.717, 1.165) is 17.7 Å². The zero-order valence-corrected chi connectivity index (χ0v) is 16.6. The van der Waals surface area contributed by atoms with Crippen LogP contribution in [0.25, 0.3) is 11.0 Å². The summed E-state index contributed by atoms with van der Waals surface area (Å²) >= 11 is 0. The smallest absolute Gasteiger partial charge is 0.354 e. The topological polar surface area (TPSA) is 124 Å². The third-order valence-electron chi connectivity index (χ3n) is 4.77. The first-order chi connectivity index (χ1) is 14.1. The van der Waals surface area contributed by atoms with Crippen molar-refractivity contribution >= 4 is 28.7 Å². The zero-order chi connectivity index (χ0) is 20.6. The van der Waals surface area contributed by atoms with Crippen molar-refractivity contribution in [2.75, 3.05) is 31.1 Å². The summed E-state index contributed by atoms with van der Waals surface area (Å²) in [6.07, 6.45) is 5.16. The Morgan fingerprint density at radius 2 is 2.24 bits per heavy atom. The second-order valence-corrected chi connectivity index (χ2v) is 7.11. The number of aromatic nitrogens is 3. The van der Waals surface area contributed by atoms with Crippen LogP contribution in [-0.4, -0.2) is 53.1 Å². The Morgan fingerprint density at radius 3 is 2.97 bits per heavy atom. The third-order valence-corrected chi connectivity index (χ3v) is 4.77. The highest BCUT2D eigenvalue weighted by atomic mass is 16.5. The number of unbranched alkanes of at least 4 members (excludes halogenated alkanes) is 1. The van der Waals surface area contributed by atoms with Gasteiger partial charge in [-0.3, -0.25) is 4.79 Å². The lowest BCUT2D eigenvalue weighted by Gasteiger charge is -2.24. The molecule has 3 rings (SSSR count). The number of rotatable bonds is 11. The minimum Gasteiger partial charge on any atom is -0.461 e. The maximum Gasteiger partial charge on any atom is 0.354 e. The van der Waals surface area contributed by atoms with Crippen LogP contribution in [0.4, 0.5) is 5.82 Å². The highest BCUT2D eigenvalue weighted by Crippen LogP contribution is 2.32. The number of nitrogens with zero attached hydrogens (tertiary/aromatic N) is 4. The molecule has 1 aliphatic rings. The first-order valence-electron chi connectivity index (χ1n) is 10.0. The van der Waals surface area contributed by atoms with Crippen molar-refractivity contribution in [2.45, 2.75) is 39.0 Å². The lowest BCUT2D eigenvalue weighted by molar-refractivity contribution is -0.121. The van der Waals surface area contributed by atoms with Crippen LogP contribution in [0.1, 0.15) is 49.5 Å². The van der Waals surface area contributed by atoms with Crippen LogP contribution in [0.3, 0.4) is 0 Å². The summed E-state index contributed by atoms with van der Waals surface area (Å²) in [5.41, 5.74) is 0.931. The number of nitrogens with one attached hydrogen (secondary N) is 2. The van der Waals surface area contributed by atoms with E-state index in [1.165, 1.54) is 19.2 Å². The zero-order valence-electron chi connectivity index (χ0n) is 16.6. The second-order valence-electron chi connectivity index (χ2n) is 7.11. The van der Waals surface area contributed by atoms with Gasteiger partial charge in [0, 0.05) is 32.5 Å². The van der Waals surface area contributed by atoms with Crippen LogP contribution < -0.4 is 10.2 Å². The van der Waals surface area contributed by atoms with Gasteiger partial charge < -0.3 is 19.9 Å². The molecule has 0 spiro atoms. The lowest BCUT2D eigenvalue weighted by atomic mass is 10.2. The number of carbonyl (C=O) groups is 2. The van der Waals surface area contributed by atoms with Gasteiger partial charge in [0.1, 0.15) is 23.5 Å². The molecular weight excluding hydrogens is 372 g/mol. The average Bonchev–Trinajstić information content (AvgIpc) is 3.41. The van der Waals surface area contributed by atoms with Crippen LogP contribution in [-0.2, 0) is 9.53 Å². The molecule has 0 saturated heterocycles. The van der Waals surface area contributed by atoms with E-state index in [2.05, 4.69) is 25.2 Å². The maximum absolute atomic E-state index is 12.1. The molecular formula is C20H26N6O3. The molecule has 1 aliphatic carbocycles. The number of aromatic amines is 1. The molecule has 0 aromatic carbocycles. The molecule has 0 bridgehead atoms. The first kappa shape index (κ1) is 20.6. The molecule has 2 aromatic rings. The van der Waals surface area contributed by atoms with Crippen molar-refractivity contribution < 1.29 is 14.3 Å². The van der Waals surface area contributed by atoms with Gasteiger partial charge in [-0.1, -0.05) is 0 Å². The number of hydrogen-bond acceptors (Lipinski definition) is 7. The van der Waals surface area contributed by atoms with E-state index in [1.807, 2.05) is 6.07 Å². The molecule has 154 valence electrons. The van der Waals surface area contributed by atoms with Crippen molar-refractivity contribution in [2.24, 2.45) is 5.92 Å². The van der Waals surface area contributed by atoms with Gasteiger partial charge >= 0.3 is 5.97 Å². The van der Waals surface area contributed by atoms with Crippen LogP contribution in [0, 0.1) is 17.2 Å². The number of H-pyrrole nitrogens is 1. The molecule has 1 saturated carbocycles. The van der Waals surface area contributed by atoms with Gasteiger partial charge in [-0.15, -0.1) is 0 Å². The van der Waals surface area contributed by atoms with Crippen molar-refractivity contribution in [3.05, 3.63) is 18.1 Å². The molecule has 2 N–H and O–H groups in total. The summed E-state index contributed by atoms with van der Waals surface area (Å²) in [6, 6.07) is 3.77. The second kappa shape index (κ2) is 9.87. The number of esters is 1. The Hall–Kier alpha value is -3.15. The molecule has 1 amide bonds. The Bertz CT molecular complexity index is 899. The quantitative estimate of drug-likeness (QED) is 0.439. The fraction of sp³-hybridized carbons (Fsp3) is 0.550. The Kier molecular flexibility index (Phi) is 7.00. The standard InChI is InChI=1S/C20H26N6O3/c1-2-29-20(28)16-11-15-18(25-16)23-13-24-19(15)26(12-14-6-7-14)10-9-22-17(27)5-3-4-8-21/h11,13-14H,2-7,9-10,12H2,1H3,(H,22,27)(H,23,24,25). The van der Waals surface area contributed by atoms with Crippen molar-refractivity contribution in [1.29, 1.82) is 5.26 Å². The molecule has 9 nitrogen and oxygen atoms in total. The maximum atomic E-state index is 12.1. The van der Waals surface area contributed by atoms with Crippen molar-refractivity contribution in [3.63, 3.8) is 0 Å². The largest absolute Gasteiger partial charge is 0.461 e. The first-order valence-corrected chi connectivity index (χ1v) is 10.0. The monoisotopic (exact) mass is 398 g/mol. The van der Waals surface area contributed by atoms with Crippen LogP contribution in [0.2, 0.25) is 0 Å². The van der Waals surface area contributed by atoms with E-state index in [9.17, 15) is 9.59 Å². The highest BCUT2D eigenvalue weighted by Gasteiger charge is 2.26. The summed E-state index contributed by atoms with van der Waals surface area (Å²) in [7, 11) is 0. The Morgan fingerprint density at radius 1 is 1.41 bits per heavy atom. The number of nitriles is 1. The van der Waals surface area contributed by atoms with Gasteiger partial charge in [0.05, 0.1) is 18.1 Å². The number of hydrogen-bond donors (Lipinski definition) is 2. The normalized spacial score (nSPS) is 13.1. The lowest BCUT2D eigenvalue weighted by Crippen LogP contribution is -2.36. The van der Waals surface area contributed by atoms with E-state index in [0.29, 0.717) is 56.2 Å². The van der Waals surface area contributed by atoms with Gasteiger partial charge in [-0.2, -0.15) is 5.26 Å². The van der Waals surface area contributed by atoms with Crippen LogP contribution in [0.15, 0.2) is 12.4 Å². The molecule has 0 aliphatic heterocycles. The van der Waals surface area contributed by atoms with E-state index in [1.54, 1.807) is 13.0 Å². The minimum atomic E-state index is -0.421. The Balaban J connectivity index is 1.71. The van der Waals surface area contributed by atoms with Gasteiger partial charge in [0.15, 0.2) is 0 Å². The summed E-state index contributed by atoms with van der Waals surface area (Å²) < 4.78 is 5.06. The number of fused-ring (bicyclic) bond motifs is 1. The third kappa shape index (κ3) is 5.67. The van der Waals surface area contributed by atoms with Crippen LogP contribution in [0.5, 0.6) is 0 Å². The average molecular weight is 398 g/mol. The predicted molar refractivity (Wildman–Crippen MR) is 107 cm³/mol. The van der Waals surface area contributed by atoms with E-state index < -0.39 is 5.97 Å². The molecule has 2 heterocycles. The van der Waals surface area contributed by atoms with Gasteiger partial charge in [0.2, 0.25) is 5.91 Å². The predicted octanol–water partition coefficient (Wildman–Crippen LogP) is 2.16. The van der Waals surface area contributed by atoms with E-state index >= 15 is 0 Å². The molecule has 9 heteroatoms. The SMILES string of the molecule is CCOC(=O)c1cc2c(N(CCNC(=O)CCCC#N)CC3CC3)ncnc2[nH]1. The number of anilines is 1. The number of amides is 1. The van der Waals surface area contributed by atoms with Crippen molar-refractivity contribution in [3.8, 4) is 6.07 Å². The molecule has 0 radical (unpaired) electrons. The molecule has 0 unspecified atom stereocenters. The van der Waals surface area contributed by atoms with Gasteiger partial charge in [-0.25, -0.2) is 14.8 Å². The van der Waals surface area contributed by atoms with E-state index in [4.69, 9.17) is 10.00 Å².